The molecule has 0 aliphatic carbocycles. The van der Waals surface area contributed by atoms with Crippen molar-refractivity contribution in [2.45, 2.75) is 11.8 Å². The van der Waals surface area contributed by atoms with Crippen molar-refractivity contribution in [3.8, 4) is 17.0 Å². The number of benzene rings is 1. The average molecular weight is 532 g/mol. The minimum Gasteiger partial charge on any atom is -0.480 e. The predicted molar refractivity (Wildman–Crippen MR) is 133 cm³/mol. The van der Waals surface area contributed by atoms with Crippen molar-refractivity contribution in [3.63, 3.8) is 0 Å². The van der Waals surface area contributed by atoms with Gasteiger partial charge in [-0.3, -0.25) is 14.8 Å². The van der Waals surface area contributed by atoms with E-state index in [1.807, 2.05) is 0 Å². The third-order valence-electron chi connectivity index (χ3n) is 4.82. The highest BCUT2D eigenvalue weighted by molar-refractivity contribution is 7.92. The summed E-state index contributed by atoms with van der Waals surface area (Å²) in [5, 5.41) is 6.00. The van der Waals surface area contributed by atoms with Crippen LogP contribution in [-0.4, -0.2) is 48.4 Å². The summed E-state index contributed by atoms with van der Waals surface area (Å²) in [6.07, 6.45) is 2.71. The fourth-order valence-electron chi connectivity index (χ4n) is 3.36. The van der Waals surface area contributed by atoms with E-state index in [0.717, 1.165) is 6.07 Å². The third-order valence-corrected chi connectivity index (χ3v) is 6.40. The van der Waals surface area contributed by atoms with E-state index in [-0.39, 0.29) is 33.3 Å². The molecule has 0 aliphatic rings. The molecule has 186 valence electrons. The summed E-state index contributed by atoms with van der Waals surface area (Å²) in [4.78, 5) is 27.6. The minimum absolute atomic E-state index is 0.0496. The molecular weight excluding hydrogens is 513 g/mol. The molecule has 0 saturated heterocycles. The van der Waals surface area contributed by atoms with Crippen LogP contribution in [0.1, 0.15) is 6.92 Å². The molecule has 3 aromatic heterocycles. The van der Waals surface area contributed by atoms with E-state index in [2.05, 4.69) is 35.3 Å². The van der Waals surface area contributed by atoms with E-state index in [9.17, 15) is 17.6 Å². The van der Waals surface area contributed by atoms with Crippen LogP contribution in [0.25, 0.3) is 22.2 Å². The first-order valence-electron chi connectivity index (χ1n) is 10.3. The monoisotopic (exact) mass is 531 g/mol. The van der Waals surface area contributed by atoms with Crippen LogP contribution in [0.15, 0.2) is 47.6 Å². The zero-order valence-corrected chi connectivity index (χ0v) is 20.7. The maximum atomic E-state index is 14.6. The molecule has 0 saturated carbocycles. The molecular formula is C22H19ClFN7O4S. The van der Waals surface area contributed by atoms with Gasteiger partial charge in [-0.15, -0.1) is 0 Å². The Kier molecular flexibility index (Phi) is 6.86. The highest BCUT2D eigenvalue weighted by atomic mass is 35.5. The fourth-order valence-corrected chi connectivity index (χ4v) is 4.77. The van der Waals surface area contributed by atoms with E-state index in [1.54, 1.807) is 13.1 Å². The van der Waals surface area contributed by atoms with Gasteiger partial charge in [0.25, 0.3) is 10.0 Å². The minimum atomic E-state index is -4.23. The van der Waals surface area contributed by atoms with Gasteiger partial charge in [0.15, 0.2) is 10.5 Å². The Morgan fingerprint density at radius 2 is 1.86 bits per heavy atom. The molecule has 3 N–H and O–H groups in total. The van der Waals surface area contributed by atoms with E-state index in [1.165, 1.54) is 44.6 Å². The van der Waals surface area contributed by atoms with Crippen LogP contribution in [0.2, 0.25) is 5.02 Å². The second kappa shape index (κ2) is 9.87. The van der Waals surface area contributed by atoms with Crippen molar-refractivity contribution in [2.24, 2.45) is 0 Å². The number of sulfonamides is 1. The standard InChI is InChI=1S/C22H19ClFN7O4S/c1-11(32)28-22-27-9-13-6-17(20(25-2)29-19(13)30-22)12-4-15(24)8-16(5-12)31-36(33,34)18-7-14(23)10-26-21(18)35-3/h4-10,31H,1-3H3,(H2,25,27,28,29,30,32). The molecule has 0 bridgehead atoms. The maximum Gasteiger partial charge on any atom is 0.267 e. The van der Waals surface area contributed by atoms with Gasteiger partial charge in [0, 0.05) is 37.3 Å². The van der Waals surface area contributed by atoms with E-state index in [0.29, 0.717) is 28.0 Å². The Balaban J connectivity index is 1.77. The number of rotatable bonds is 7. The fraction of sp³-hybridized carbons (Fsp3) is 0.136. The Hall–Kier alpha value is -4.10. The lowest BCUT2D eigenvalue weighted by molar-refractivity contribution is -0.114. The number of halogens is 2. The Morgan fingerprint density at radius 3 is 2.56 bits per heavy atom. The zero-order chi connectivity index (χ0) is 26.0. The number of hydrogen-bond donors (Lipinski definition) is 3. The highest BCUT2D eigenvalue weighted by Crippen LogP contribution is 2.33. The summed E-state index contributed by atoms with van der Waals surface area (Å²) in [5.74, 6) is -0.763. The quantitative estimate of drug-likeness (QED) is 0.324. The average Bonchev–Trinajstić information content (AvgIpc) is 2.82. The number of carbonyl (C=O) groups is 1. The lowest BCUT2D eigenvalue weighted by atomic mass is 10.0. The van der Waals surface area contributed by atoms with Crippen molar-refractivity contribution in [3.05, 3.63) is 53.6 Å². The molecule has 4 rings (SSSR count). The summed E-state index contributed by atoms with van der Waals surface area (Å²) >= 11 is 5.91. The molecule has 36 heavy (non-hydrogen) atoms. The van der Waals surface area contributed by atoms with Gasteiger partial charge in [-0.1, -0.05) is 11.6 Å². The number of carbonyl (C=O) groups excluding carboxylic acids is 1. The van der Waals surface area contributed by atoms with Gasteiger partial charge in [-0.2, -0.15) is 4.98 Å². The first-order valence-corrected chi connectivity index (χ1v) is 12.1. The number of pyridine rings is 2. The zero-order valence-electron chi connectivity index (χ0n) is 19.1. The molecule has 0 fully saturated rings. The number of aromatic nitrogens is 4. The number of amides is 1. The number of hydrogen-bond acceptors (Lipinski definition) is 9. The largest absolute Gasteiger partial charge is 0.480 e. The molecule has 0 spiro atoms. The second-order valence-corrected chi connectivity index (χ2v) is 9.50. The Bertz CT molecular complexity index is 1600. The lowest BCUT2D eigenvalue weighted by Crippen LogP contribution is -2.15. The number of fused-ring (bicyclic) bond motifs is 1. The van der Waals surface area contributed by atoms with Gasteiger partial charge in [0.2, 0.25) is 17.7 Å². The summed E-state index contributed by atoms with van der Waals surface area (Å²) in [6, 6.07) is 6.55. The molecule has 0 atom stereocenters. The van der Waals surface area contributed by atoms with Gasteiger partial charge in [0.1, 0.15) is 11.6 Å². The molecule has 1 amide bonds. The van der Waals surface area contributed by atoms with E-state index >= 15 is 0 Å². The summed E-state index contributed by atoms with van der Waals surface area (Å²) in [5.41, 5.74) is 1.03. The molecule has 11 nitrogen and oxygen atoms in total. The number of nitrogens with one attached hydrogen (secondary N) is 3. The van der Waals surface area contributed by atoms with Crippen molar-refractivity contribution in [2.75, 3.05) is 29.5 Å². The summed E-state index contributed by atoms with van der Waals surface area (Å²) in [7, 11) is -1.35. The van der Waals surface area contributed by atoms with Gasteiger partial charge in [0.05, 0.1) is 17.8 Å². The van der Waals surface area contributed by atoms with Gasteiger partial charge >= 0.3 is 0 Å². The van der Waals surface area contributed by atoms with E-state index < -0.39 is 15.8 Å². The van der Waals surface area contributed by atoms with Crippen molar-refractivity contribution < 1.29 is 22.3 Å². The third kappa shape index (κ3) is 5.26. The van der Waals surface area contributed by atoms with Crippen LogP contribution in [0.3, 0.4) is 0 Å². The van der Waals surface area contributed by atoms with Crippen LogP contribution in [0, 0.1) is 5.82 Å². The number of methoxy groups -OCH3 is 1. The van der Waals surface area contributed by atoms with Crippen molar-refractivity contribution in [1.29, 1.82) is 0 Å². The van der Waals surface area contributed by atoms with Crippen LogP contribution in [-0.2, 0) is 14.8 Å². The number of anilines is 3. The Morgan fingerprint density at radius 1 is 1.08 bits per heavy atom. The van der Waals surface area contributed by atoms with Gasteiger partial charge < -0.3 is 10.1 Å². The summed E-state index contributed by atoms with van der Waals surface area (Å²) < 4.78 is 48.0. The SMILES string of the molecule is CNc1nc2nc(NC(C)=O)ncc2cc1-c1cc(F)cc(NS(=O)(=O)c2cc(Cl)cnc2OC)c1. The first-order chi connectivity index (χ1) is 17.1. The molecule has 0 aliphatic heterocycles. The van der Waals surface area contributed by atoms with Gasteiger partial charge in [-0.25, -0.2) is 27.8 Å². The molecule has 3 heterocycles. The van der Waals surface area contributed by atoms with Crippen LogP contribution < -0.4 is 20.1 Å². The smallest absolute Gasteiger partial charge is 0.267 e. The first kappa shape index (κ1) is 25.0. The molecule has 0 radical (unpaired) electrons. The predicted octanol–water partition coefficient (Wildman–Crippen LogP) is 3.69. The number of ether oxygens (including phenoxy) is 1. The lowest BCUT2D eigenvalue weighted by Gasteiger charge is -2.14. The van der Waals surface area contributed by atoms with Crippen molar-refractivity contribution in [1.82, 2.24) is 19.9 Å². The second-order valence-electron chi connectivity index (χ2n) is 7.42. The van der Waals surface area contributed by atoms with Crippen LogP contribution >= 0.6 is 11.6 Å². The van der Waals surface area contributed by atoms with E-state index in [4.69, 9.17) is 16.3 Å². The highest BCUT2D eigenvalue weighted by Gasteiger charge is 2.22. The molecule has 14 heteroatoms. The van der Waals surface area contributed by atoms with Crippen molar-refractivity contribution >= 4 is 56.0 Å². The topological polar surface area (TPSA) is 148 Å². The van der Waals surface area contributed by atoms with Gasteiger partial charge in [-0.05, 0) is 35.9 Å². The Labute approximate surface area is 210 Å². The maximum absolute atomic E-state index is 14.6. The van der Waals surface area contributed by atoms with Crippen LogP contribution in [0.4, 0.5) is 21.8 Å². The van der Waals surface area contributed by atoms with Crippen LogP contribution in [0.5, 0.6) is 5.88 Å². The molecule has 1 aromatic carbocycles. The normalized spacial score (nSPS) is 11.2. The molecule has 4 aromatic rings. The summed E-state index contributed by atoms with van der Waals surface area (Å²) in [6.45, 7) is 1.33. The molecule has 0 unspecified atom stereocenters. The number of nitrogens with zero attached hydrogens (tertiary/aromatic N) is 4.